The molecular formula is C12H9ClF2N2OS. The number of methoxy groups -OCH3 is 1. The van der Waals surface area contributed by atoms with Gasteiger partial charge in [-0.1, -0.05) is 23.4 Å². The topological polar surface area (TPSA) is 35.0 Å². The molecule has 1 heterocycles. The Morgan fingerprint density at radius 1 is 1.21 bits per heavy atom. The van der Waals surface area contributed by atoms with Crippen LogP contribution in [-0.2, 0) is 11.3 Å². The minimum Gasteiger partial charge on any atom is -0.377 e. The van der Waals surface area contributed by atoms with E-state index in [9.17, 15) is 8.78 Å². The van der Waals surface area contributed by atoms with E-state index >= 15 is 0 Å². The summed E-state index contributed by atoms with van der Waals surface area (Å²) in [7, 11) is 1.52. The summed E-state index contributed by atoms with van der Waals surface area (Å²) in [5, 5.41) is 0.810. The second-order valence-corrected chi connectivity index (χ2v) is 5.04. The Morgan fingerprint density at radius 3 is 2.68 bits per heavy atom. The molecule has 1 aromatic heterocycles. The predicted octanol–water partition coefficient (Wildman–Crippen LogP) is 3.71. The van der Waals surface area contributed by atoms with Crippen LogP contribution in [0.3, 0.4) is 0 Å². The number of ether oxygens (including phenoxy) is 1. The van der Waals surface area contributed by atoms with E-state index in [2.05, 4.69) is 9.97 Å². The number of rotatable bonds is 4. The summed E-state index contributed by atoms with van der Waals surface area (Å²) < 4.78 is 30.8. The molecule has 3 nitrogen and oxygen atoms in total. The Bertz CT molecular complexity index is 598. The Balaban J connectivity index is 2.24. The van der Waals surface area contributed by atoms with Crippen molar-refractivity contribution in [2.24, 2.45) is 0 Å². The molecule has 0 N–H and O–H groups in total. The van der Waals surface area contributed by atoms with Crippen molar-refractivity contribution in [1.82, 2.24) is 9.97 Å². The van der Waals surface area contributed by atoms with E-state index in [0.29, 0.717) is 15.7 Å². The molecule has 0 aliphatic rings. The number of halogens is 3. The second kappa shape index (κ2) is 6.27. The van der Waals surface area contributed by atoms with Crippen molar-refractivity contribution in [3.63, 3.8) is 0 Å². The molecule has 0 aliphatic carbocycles. The zero-order valence-electron chi connectivity index (χ0n) is 9.86. The van der Waals surface area contributed by atoms with Gasteiger partial charge in [-0.3, -0.25) is 0 Å². The molecule has 0 unspecified atom stereocenters. The highest BCUT2D eigenvalue weighted by molar-refractivity contribution is 7.99. The van der Waals surface area contributed by atoms with Crippen LogP contribution in [0.1, 0.15) is 5.82 Å². The van der Waals surface area contributed by atoms with Gasteiger partial charge in [0.25, 0.3) is 0 Å². The molecule has 0 atom stereocenters. The molecule has 0 amide bonds. The van der Waals surface area contributed by atoms with Crippen LogP contribution in [-0.4, -0.2) is 17.1 Å². The lowest BCUT2D eigenvalue weighted by Crippen LogP contribution is -1.98. The fourth-order valence-electron chi connectivity index (χ4n) is 1.35. The molecule has 0 fully saturated rings. The molecule has 2 rings (SSSR count). The van der Waals surface area contributed by atoms with Crippen LogP contribution in [0.25, 0.3) is 0 Å². The van der Waals surface area contributed by atoms with Crippen LogP contribution < -0.4 is 0 Å². The minimum absolute atomic E-state index is 0.228. The standard InChI is InChI=1S/C12H9ClF2N2OS/c1-18-6-11-16-10(13)5-12(17-11)19-7-2-3-8(14)9(15)4-7/h2-5H,6H2,1H3. The molecule has 2 aromatic rings. The molecule has 0 saturated carbocycles. The van der Waals surface area contributed by atoms with Gasteiger partial charge in [0.1, 0.15) is 16.8 Å². The lowest BCUT2D eigenvalue weighted by atomic mass is 10.3. The van der Waals surface area contributed by atoms with Crippen molar-refractivity contribution in [3.8, 4) is 0 Å². The van der Waals surface area contributed by atoms with Crippen molar-refractivity contribution in [1.29, 1.82) is 0 Å². The van der Waals surface area contributed by atoms with Gasteiger partial charge in [0, 0.05) is 18.1 Å². The summed E-state index contributed by atoms with van der Waals surface area (Å²) >= 11 is 7.02. The third-order valence-corrected chi connectivity index (χ3v) is 3.21. The van der Waals surface area contributed by atoms with Crippen LogP contribution in [0.15, 0.2) is 34.2 Å². The first-order valence-electron chi connectivity index (χ1n) is 5.24. The maximum absolute atomic E-state index is 13.1. The SMILES string of the molecule is COCc1nc(Cl)cc(Sc2ccc(F)c(F)c2)n1. The van der Waals surface area contributed by atoms with Gasteiger partial charge < -0.3 is 4.74 Å². The van der Waals surface area contributed by atoms with E-state index in [1.54, 1.807) is 6.07 Å². The van der Waals surface area contributed by atoms with Crippen molar-refractivity contribution in [2.45, 2.75) is 16.5 Å². The molecule has 0 aliphatic heterocycles. The first-order valence-corrected chi connectivity index (χ1v) is 6.43. The van der Waals surface area contributed by atoms with Gasteiger partial charge in [-0.25, -0.2) is 18.7 Å². The van der Waals surface area contributed by atoms with E-state index in [0.717, 1.165) is 12.1 Å². The molecule has 0 saturated heterocycles. The Morgan fingerprint density at radius 2 is 2.00 bits per heavy atom. The molecule has 7 heteroatoms. The van der Waals surface area contributed by atoms with E-state index in [-0.39, 0.29) is 11.8 Å². The van der Waals surface area contributed by atoms with Gasteiger partial charge >= 0.3 is 0 Å². The fourth-order valence-corrected chi connectivity index (χ4v) is 2.48. The quantitative estimate of drug-likeness (QED) is 0.807. The highest BCUT2D eigenvalue weighted by Gasteiger charge is 2.08. The Kier molecular flexibility index (Phi) is 4.68. The highest BCUT2D eigenvalue weighted by atomic mass is 35.5. The largest absolute Gasteiger partial charge is 0.377 e. The van der Waals surface area contributed by atoms with E-state index < -0.39 is 11.6 Å². The third-order valence-electron chi connectivity index (χ3n) is 2.10. The molecule has 0 spiro atoms. The maximum atomic E-state index is 13.1. The molecule has 100 valence electrons. The zero-order chi connectivity index (χ0) is 13.8. The summed E-state index contributed by atoms with van der Waals surface area (Å²) in [5.41, 5.74) is 0. The fraction of sp³-hybridized carbons (Fsp3) is 0.167. The summed E-state index contributed by atoms with van der Waals surface area (Å²) in [5.74, 6) is -1.35. The third kappa shape index (κ3) is 3.86. The average molecular weight is 303 g/mol. The van der Waals surface area contributed by atoms with Gasteiger partial charge in [0.15, 0.2) is 17.5 Å². The van der Waals surface area contributed by atoms with Crippen LogP contribution in [0.2, 0.25) is 5.15 Å². The van der Waals surface area contributed by atoms with Crippen LogP contribution in [0.5, 0.6) is 0 Å². The highest BCUT2D eigenvalue weighted by Crippen LogP contribution is 2.28. The first kappa shape index (κ1) is 14.2. The summed E-state index contributed by atoms with van der Waals surface area (Å²) in [6.07, 6.45) is 0. The Hall–Kier alpha value is -1.24. The number of hydrogen-bond acceptors (Lipinski definition) is 4. The van der Waals surface area contributed by atoms with Gasteiger partial charge in [0.2, 0.25) is 0 Å². The molecule has 0 radical (unpaired) electrons. The van der Waals surface area contributed by atoms with Gasteiger partial charge in [-0.05, 0) is 18.2 Å². The molecule has 1 aromatic carbocycles. The lowest BCUT2D eigenvalue weighted by Gasteiger charge is -2.04. The summed E-state index contributed by atoms with van der Waals surface area (Å²) in [6.45, 7) is 0.228. The lowest BCUT2D eigenvalue weighted by molar-refractivity contribution is 0.177. The summed E-state index contributed by atoms with van der Waals surface area (Å²) in [6, 6.07) is 5.18. The maximum Gasteiger partial charge on any atom is 0.159 e. The summed E-state index contributed by atoms with van der Waals surface area (Å²) in [4.78, 5) is 8.70. The van der Waals surface area contributed by atoms with E-state index in [1.807, 2.05) is 0 Å². The van der Waals surface area contributed by atoms with Gasteiger partial charge in [-0.2, -0.15) is 0 Å². The molecule has 19 heavy (non-hydrogen) atoms. The average Bonchev–Trinajstić information content (AvgIpc) is 2.33. The second-order valence-electron chi connectivity index (χ2n) is 3.56. The van der Waals surface area contributed by atoms with E-state index in [4.69, 9.17) is 16.3 Å². The van der Waals surface area contributed by atoms with Gasteiger partial charge in [0.05, 0.1) is 0 Å². The van der Waals surface area contributed by atoms with Crippen molar-refractivity contribution in [2.75, 3.05) is 7.11 Å². The monoisotopic (exact) mass is 302 g/mol. The molecule has 0 bridgehead atoms. The van der Waals surface area contributed by atoms with Gasteiger partial charge in [-0.15, -0.1) is 0 Å². The smallest absolute Gasteiger partial charge is 0.159 e. The minimum atomic E-state index is -0.901. The van der Waals surface area contributed by atoms with Crippen LogP contribution >= 0.6 is 23.4 Å². The first-order chi connectivity index (χ1) is 9.08. The van der Waals surface area contributed by atoms with Crippen molar-refractivity contribution < 1.29 is 13.5 Å². The zero-order valence-corrected chi connectivity index (χ0v) is 11.4. The number of nitrogens with zero attached hydrogens (tertiary/aromatic N) is 2. The van der Waals surface area contributed by atoms with Crippen molar-refractivity contribution in [3.05, 3.63) is 46.9 Å². The van der Waals surface area contributed by atoms with Crippen LogP contribution in [0.4, 0.5) is 8.78 Å². The number of aromatic nitrogens is 2. The number of hydrogen-bond donors (Lipinski definition) is 0. The van der Waals surface area contributed by atoms with E-state index in [1.165, 1.54) is 24.9 Å². The van der Waals surface area contributed by atoms with Crippen LogP contribution in [0, 0.1) is 11.6 Å². The normalized spacial score (nSPS) is 10.7. The predicted molar refractivity (Wildman–Crippen MR) is 68.2 cm³/mol. The van der Waals surface area contributed by atoms with Crippen molar-refractivity contribution >= 4 is 23.4 Å². The molecular weight excluding hydrogens is 294 g/mol. The Labute approximate surface area is 118 Å². The number of benzene rings is 1.